The molecule has 186 valence electrons. The molecular formula is C32H40O3. The molecule has 5 atom stereocenters. The summed E-state index contributed by atoms with van der Waals surface area (Å²) >= 11 is 0. The van der Waals surface area contributed by atoms with E-state index >= 15 is 0 Å². The summed E-state index contributed by atoms with van der Waals surface area (Å²) in [5, 5.41) is 0. The van der Waals surface area contributed by atoms with Crippen molar-refractivity contribution in [2.75, 3.05) is 0 Å². The molecule has 3 aliphatic carbocycles. The average Bonchev–Trinajstić information content (AvgIpc) is 2.78. The van der Waals surface area contributed by atoms with Crippen LogP contribution in [0.2, 0.25) is 0 Å². The van der Waals surface area contributed by atoms with Gasteiger partial charge < -0.3 is 0 Å². The van der Waals surface area contributed by atoms with E-state index in [0.717, 1.165) is 46.3 Å². The normalized spacial score (nSPS) is 34.4. The number of Topliss-reactive ketones (excluding diaryl/α,β-unsaturated/α-hetero) is 3. The second-order valence-corrected chi connectivity index (χ2v) is 12.0. The van der Waals surface area contributed by atoms with Crippen molar-refractivity contribution >= 4 is 17.3 Å². The first-order valence-corrected chi connectivity index (χ1v) is 13.0. The Morgan fingerprint density at radius 3 is 2.31 bits per heavy atom. The van der Waals surface area contributed by atoms with Crippen molar-refractivity contribution in [3.05, 3.63) is 69.3 Å². The maximum atomic E-state index is 14.4. The third-order valence-corrected chi connectivity index (χ3v) is 10.8. The number of carbonyl (C=O) groups excluding carboxylic acids is 3. The number of aryl methyl sites for hydroxylation is 1. The second kappa shape index (κ2) is 7.98. The highest BCUT2D eigenvalue weighted by Crippen LogP contribution is 2.71. The van der Waals surface area contributed by atoms with Gasteiger partial charge in [-0.1, -0.05) is 57.0 Å². The van der Waals surface area contributed by atoms with E-state index in [0.29, 0.717) is 12.0 Å². The third kappa shape index (κ3) is 2.93. The SMILES string of the molecule is C=CCCc1ccc2c(c1C)C(=O)C1=C(C)[C@@]3(C)C(=O)C(C(C)=O)=C(C)C[C@@]3(C)[C@H](C)[C@@]1(C)[C@@H]2C. The molecule has 0 radical (unpaired) electrons. The molecule has 0 N–H and O–H groups in total. The Morgan fingerprint density at radius 2 is 1.74 bits per heavy atom. The lowest BCUT2D eigenvalue weighted by atomic mass is 9.37. The van der Waals surface area contributed by atoms with Crippen molar-refractivity contribution in [2.24, 2.45) is 22.2 Å². The lowest BCUT2D eigenvalue weighted by molar-refractivity contribution is -0.139. The number of hydrogen-bond donors (Lipinski definition) is 0. The predicted molar refractivity (Wildman–Crippen MR) is 142 cm³/mol. The molecule has 3 aliphatic rings. The fourth-order valence-corrected chi connectivity index (χ4v) is 8.12. The molecule has 0 bridgehead atoms. The van der Waals surface area contributed by atoms with E-state index in [1.54, 1.807) is 0 Å². The zero-order valence-corrected chi connectivity index (χ0v) is 22.9. The largest absolute Gasteiger partial charge is 0.294 e. The predicted octanol–water partition coefficient (Wildman–Crippen LogP) is 7.28. The summed E-state index contributed by atoms with van der Waals surface area (Å²) in [6.07, 6.45) is 4.31. The smallest absolute Gasteiger partial charge is 0.190 e. The summed E-state index contributed by atoms with van der Waals surface area (Å²) in [5.41, 5.74) is 5.31. The van der Waals surface area contributed by atoms with Crippen LogP contribution in [0.5, 0.6) is 0 Å². The van der Waals surface area contributed by atoms with Gasteiger partial charge in [-0.05, 0) is 87.8 Å². The molecule has 0 aromatic heterocycles. The van der Waals surface area contributed by atoms with Gasteiger partial charge in [0.25, 0.3) is 0 Å². The van der Waals surface area contributed by atoms with Crippen molar-refractivity contribution < 1.29 is 14.4 Å². The highest BCUT2D eigenvalue weighted by atomic mass is 16.2. The Bertz CT molecular complexity index is 1260. The van der Waals surface area contributed by atoms with Crippen molar-refractivity contribution in [3.63, 3.8) is 0 Å². The van der Waals surface area contributed by atoms with Gasteiger partial charge in [0.1, 0.15) is 0 Å². The maximum absolute atomic E-state index is 14.4. The van der Waals surface area contributed by atoms with Gasteiger partial charge >= 0.3 is 0 Å². The van der Waals surface area contributed by atoms with Gasteiger partial charge in [-0.3, -0.25) is 14.4 Å². The molecule has 1 aromatic carbocycles. The molecule has 3 nitrogen and oxygen atoms in total. The molecule has 3 heteroatoms. The van der Waals surface area contributed by atoms with Crippen molar-refractivity contribution in [2.45, 2.75) is 87.5 Å². The molecule has 4 rings (SSSR count). The summed E-state index contributed by atoms with van der Waals surface area (Å²) in [6, 6.07) is 4.34. The number of allylic oxidation sites excluding steroid dienone is 5. The monoisotopic (exact) mass is 472 g/mol. The Kier molecular flexibility index (Phi) is 5.82. The van der Waals surface area contributed by atoms with Gasteiger partial charge in [0.2, 0.25) is 0 Å². The minimum absolute atomic E-state index is 0.0546. The highest BCUT2D eigenvalue weighted by molar-refractivity contribution is 6.24. The zero-order chi connectivity index (χ0) is 26.2. The molecule has 1 aromatic rings. The van der Waals surface area contributed by atoms with E-state index in [9.17, 15) is 14.4 Å². The molecule has 0 spiro atoms. The van der Waals surface area contributed by atoms with Gasteiger partial charge in [0.15, 0.2) is 17.3 Å². The van der Waals surface area contributed by atoms with Crippen LogP contribution in [-0.4, -0.2) is 17.3 Å². The van der Waals surface area contributed by atoms with E-state index in [4.69, 9.17) is 0 Å². The summed E-state index contributed by atoms with van der Waals surface area (Å²) in [6.45, 7) is 22.2. The topological polar surface area (TPSA) is 51.2 Å². The van der Waals surface area contributed by atoms with Gasteiger partial charge in [0, 0.05) is 16.6 Å². The molecule has 0 heterocycles. The summed E-state index contributed by atoms with van der Waals surface area (Å²) < 4.78 is 0. The van der Waals surface area contributed by atoms with E-state index in [1.165, 1.54) is 12.5 Å². The van der Waals surface area contributed by atoms with Crippen LogP contribution in [0.3, 0.4) is 0 Å². The van der Waals surface area contributed by atoms with E-state index in [-0.39, 0.29) is 29.2 Å². The minimum Gasteiger partial charge on any atom is -0.294 e. The summed E-state index contributed by atoms with van der Waals surface area (Å²) in [4.78, 5) is 41.1. The average molecular weight is 473 g/mol. The van der Waals surface area contributed by atoms with Crippen LogP contribution >= 0.6 is 0 Å². The Hall–Kier alpha value is -2.55. The Balaban J connectivity index is 2.05. The van der Waals surface area contributed by atoms with Crippen molar-refractivity contribution in [3.8, 4) is 0 Å². The van der Waals surface area contributed by atoms with Gasteiger partial charge in [-0.15, -0.1) is 6.58 Å². The Labute approximate surface area is 210 Å². The number of hydrogen-bond acceptors (Lipinski definition) is 3. The second-order valence-electron chi connectivity index (χ2n) is 12.0. The first-order chi connectivity index (χ1) is 16.2. The highest BCUT2D eigenvalue weighted by Gasteiger charge is 2.67. The summed E-state index contributed by atoms with van der Waals surface area (Å²) in [5.74, 6) is -0.0466. The standard InChI is InChI=1S/C32H40O3/c1-11-12-13-23-14-15-24-19(4)31(9)22(7)30(8)16-17(2)25(21(6)33)29(35)32(30,10)20(5)27(31)28(34)26(24)18(23)3/h11,14-15,19,22H,1,12-13,16H2,2-10H3/t19-,22+,30+,31-,32+/m1/s1. The van der Waals surface area contributed by atoms with E-state index in [2.05, 4.69) is 53.3 Å². The van der Waals surface area contributed by atoms with Crippen LogP contribution in [0.25, 0.3) is 0 Å². The van der Waals surface area contributed by atoms with Crippen LogP contribution in [0.1, 0.15) is 101 Å². The molecule has 0 aliphatic heterocycles. The van der Waals surface area contributed by atoms with Crippen LogP contribution in [0.4, 0.5) is 0 Å². The van der Waals surface area contributed by atoms with Gasteiger partial charge in [0.05, 0.1) is 11.0 Å². The number of fused-ring (bicyclic) bond motifs is 3. The number of ketones is 3. The molecular weight excluding hydrogens is 432 g/mol. The number of benzene rings is 1. The fraction of sp³-hybridized carbons (Fsp3) is 0.531. The van der Waals surface area contributed by atoms with Crippen LogP contribution in [0.15, 0.2) is 47.1 Å². The summed E-state index contributed by atoms with van der Waals surface area (Å²) in [7, 11) is 0. The first-order valence-electron chi connectivity index (χ1n) is 13.0. The zero-order valence-electron chi connectivity index (χ0n) is 22.9. The van der Waals surface area contributed by atoms with Crippen LogP contribution in [-0.2, 0) is 16.0 Å². The Morgan fingerprint density at radius 1 is 1.11 bits per heavy atom. The molecule has 0 saturated carbocycles. The lowest BCUT2D eigenvalue weighted by Crippen LogP contribution is -2.62. The lowest BCUT2D eigenvalue weighted by Gasteiger charge is -2.64. The molecule has 0 saturated heterocycles. The number of carbonyl (C=O) groups is 3. The molecule has 0 unspecified atom stereocenters. The van der Waals surface area contributed by atoms with Gasteiger partial charge in [-0.2, -0.15) is 0 Å². The first kappa shape index (κ1) is 25.5. The molecule has 0 amide bonds. The number of rotatable bonds is 4. The van der Waals surface area contributed by atoms with Crippen molar-refractivity contribution in [1.29, 1.82) is 0 Å². The fourth-order valence-electron chi connectivity index (χ4n) is 8.12. The molecule has 35 heavy (non-hydrogen) atoms. The quantitative estimate of drug-likeness (QED) is 0.342. The van der Waals surface area contributed by atoms with Crippen LogP contribution in [0, 0.1) is 29.1 Å². The minimum atomic E-state index is -0.900. The molecule has 0 fully saturated rings. The van der Waals surface area contributed by atoms with Crippen molar-refractivity contribution in [1.82, 2.24) is 0 Å². The van der Waals surface area contributed by atoms with E-state index < -0.39 is 16.2 Å². The maximum Gasteiger partial charge on any atom is 0.190 e. The van der Waals surface area contributed by atoms with Crippen LogP contribution < -0.4 is 0 Å². The van der Waals surface area contributed by atoms with E-state index in [1.807, 2.05) is 26.8 Å². The van der Waals surface area contributed by atoms with Gasteiger partial charge in [-0.25, -0.2) is 0 Å². The third-order valence-electron chi connectivity index (χ3n) is 10.8.